The van der Waals surface area contributed by atoms with Gasteiger partial charge >= 0.3 is 0 Å². The molecule has 2 rings (SSSR count). The van der Waals surface area contributed by atoms with E-state index < -0.39 is 10.0 Å². The molecule has 2 N–H and O–H groups in total. The van der Waals surface area contributed by atoms with Crippen LogP contribution in [-0.4, -0.2) is 20.4 Å². The minimum absolute atomic E-state index is 0.0164. The largest absolute Gasteiger partial charge is 0.386 e. The quantitative estimate of drug-likeness (QED) is 0.875. The summed E-state index contributed by atoms with van der Waals surface area (Å²) in [4.78, 5) is 3.91. The van der Waals surface area contributed by atoms with E-state index in [1.165, 1.54) is 17.5 Å². The highest BCUT2D eigenvalue weighted by molar-refractivity contribution is 7.89. The van der Waals surface area contributed by atoms with E-state index in [4.69, 9.17) is 0 Å². The predicted octanol–water partition coefficient (Wildman–Crippen LogP) is 1.66. The first-order valence-electron chi connectivity index (χ1n) is 5.27. The maximum atomic E-state index is 12.1. The van der Waals surface area contributed by atoms with E-state index in [0.29, 0.717) is 5.69 Å². The molecule has 0 saturated carbocycles. The number of hydrogen-bond donors (Lipinski definition) is 2. The van der Waals surface area contributed by atoms with Crippen LogP contribution in [0.25, 0.3) is 0 Å². The van der Waals surface area contributed by atoms with Crippen molar-refractivity contribution in [2.75, 3.05) is 12.4 Å². The van der Waals surface area contributed by atoms with Crippen LogP contribution in [0.15, 0.2) is 40.2 Å². The zero-order valence-corrected chi connectivity index (χ0v) is 11.4. The molecule has 0 radical (unpaired) electrons. The van der Waals surface area contributed by atoms with E-state index in [0.717, 1.165) is 5.56 Å². The van der Waals surface area contributed by atoms with Crippen molar-refractivity contribution in [3.05, 3.63) is 40.7 Å². The van der Waals surface area contributed by atoms with Gasteiger partial charge in [-0.15, -0.1) is 0 Å². The third-order valence-electron chi connectivity index (χ3n) is 2.34. The van der Waals surface area contributed by atoms with Crippen LogP contribution in [0.5, 0.6) is 0 Å². The Balaban J connectivity index is 2.20. The van der Waals surface area contributed by atoms with Gasteiger partial charge in [0.15, 0.2) is 5.03 Å². The van der Waals surface area contributed by atoms with Crippen molar-refractivity contribution >= 4 is 27.0 Å². The molecule has 0 unspecified atom stereocenters. The Hall–Kier alpha value is -1.44. The van der Waals surface area contributed by atoms with E-state index in [1.807, 2.05) is 16.8 Å². The molecule has 2 aromatic rings. The number of pyridine rings is 1. The molecule has 5 nitrogen and oxygen atoms in total. The Morgan fingerprint density at radius 2 is 2.22 bits per heavy atom. The summed E-state index contributed by atoms with van der Waals surface area (Å²) in [6, 6.07) is 5.24. The number of rotatable bonds is 5. The van der Waals surface area contributed by atoms with Gasteiger partial charge < -0.3 is 5.32 Å². The Labute approximate surface area is 110 Å². The summed E-state index contributed by atoms with van der Waals surface area (Å²) in [5.41, 5.74) is 1.42. The molecule has 96 valence electrons. The van der Waals surface area contributed by atoms with Gasteiger partial charge in [0.1, 0.15) is 0 Å². The second kappa shape index (κ2) is 5.47. The molecule has 0 saturated heterocycles. The topological polar surface area (TPSA) is 71.1 Å². The van der Waals surface area contributed by atoms with E-state index in [2.05, 4.69) is 15.0 Å². The molecule has 2 aromatic heterocycles. The smallest absolute Gasteiger partial charge is 0.260 e. The Kier molecular flexibility index (Phi) is 3.95. The minimum Gasteiger partial charge on any atom is -0.386 e. The van der Waals surface area contributed by atoms with Gasteiger partial charge in [-0.1, -0.05) is 0 Å². The summed E-state index contributed by atoms with van der Waals surface area (Å²) < 4.78 is 26.7. The Morgan fingerprint density at radius 3 is 2.89 bits per heavy atom. The number of thiophene rings is 1. The minimum atomic E-state index is -3.60. The number of hydrogen-bond acceptors (Lipinski definition) is 5. The highest BCUT2D eigenvalue weighted by Gasteiger charge is 2.19. The number of anilines is 1. The van der Waals surface area contributed by atoms with Gasteiger partial charge in [0, 0.05) is 19.8 Å². The standard InChI is InChI=1S/C11H13N3O2S2/c1-12-10-3-2-5-13-11(10)18(15,16)14-7-9-4-6-17-8-9/h2-6,8,12,14H,7H2,1H3. The molecule has 0 aliphatic heterocycles. The average Bonchev–Trinajstić information content (AvgIpc) is 2.89. The summed E-state index contributed by atoms with van der Waals surface area (Å²) in [5, 5.41) is 6.64. The lowest BCUT2D eigenvalue weighted by atomic mass is 10.4. The van der Waals surface area contributed by atoms with Crippen molar-refractivity contribution in [3.63, 3.8) is 0 Å². The van der Waals surface area contributed by atoms with Crippen molar-refractivity contribution in [3.8, 4) is 0 Å². The predicted molar refractivity (Wildman–Crippen MR) is 72.1 cm³/mol. The van der Waals surface area contributed by atoms with E-state index in [-0.39, 0.29) is 11.6 Å². The van der Waals surface area contributed by atoms with Crippen molar-refractivity contribution in [1.29, 1.82) is 0 Å². The maximum Gasteiger partial charge on any atom is 0.260 e. The number of nitrogens with zero attached hydrogens (tertiary/aromatic N) is 1. The summed E-state index contributed by atoms with van der Waals surface area (Å²) in [6.45, 7) is 0.269. The molecule has 0 aliphatic rings. The molecule has 0 amide bonds. The Bertz CT molecular complexity index is 609. The monoisotopic (exact) mass is 283 g/mol. The van der Waals surface area contributed by atoms with Gasteiger partial charge in [0.2, 0.25) is 0 Å². The fourth-order valence-corrected chi connectivity index (χ4v) is 3.26. The molecule has 0 fully saturated rings. The summed E-state index contributed by atoms with van der Waals surface area (Å²) in [5.74, 6) is 0. The van der Waals surface area contributed by atoms with Gasteiger partial charge in [-0.05, 0) is 34.5 Å². The number of nitrogens with one attached hydrogen (secondary N) is 2. The van der Waals surface area contributed by atoms with Crippen molar-refractivity contribution < 1.29 is 8.42 Å². The zero-order chi connectivity index (χ0) is 13.0. The van der Waals surface area contributed by atoms with Crippen molar-refractivity contribution in [1.82, 2.24) is 9.71 Å². The second-order valence-electron chi connectivity index (χ2n) is 3.56. The lowest BCUT2D eigenvalue weighted by Crippen LogP contribution is -2.24. The van der Waals surface area contributed by atoms with E-state index in [1.54, 1.807) is 19.2 Å². The van der Waals surface area contributed by atoms with Crippen LogP contribution < -0.4 is 10.0 Å². The zero-order valence-electron chi connectivity index (χ0n) is 9.75. The first kappa shape index (κ1) is 13.0. The molecule has 0 bridgehead atoms. The molecular formula is C11H13N3O2S2. The van der Waals surface area contributed by atoms with E-state index >= 15 is 0 Å². The molecule has 0 spiro atoms. The SMILES string of the molecule is CNc1cccnc1S(=O)(=O)NCc1ccsc1. The summed E-state index contributed by atoms with van der Waals surface area (Å²) >= 11 is 1.53. The number of aromatic nitrogens is 1. The lowest BCUT2D eigenvalue weighted by molar-refractivity contribution is 0.578. The lowest BCUT2D eigenvalue weighted by Gasteiger charge is -2.09. The highest BCUT2D eigenvalue weighted by Crippen LogP contribution is 2.17. The van der Waals surface area contributed by atoms with Gasteiger partial charge in [-0.3, -0.25) is 0 Å². The molecule has 0 aromatic carbocycles. The van der Waals surface area contributed by atoms with E-state index in [9.17, 15) is 8.42 Å². The van der Waals surface area contributed by atoms with Crippen LogP contribution in [0.1, 0.15) is 5.56 Å². The average molecular weight is 283 g/mol. The molecule has 18 heavy (non-hydrogen) atoms. The normalized spacial score (nSPS) is 11.4. The summed E-state index contributed by atoms with van der Waals surface area (Å²) in [7, 11) is -1.94. The summed E-state index contributed by atoms with van der Waals surface area (Å²) in [6.07, 6.45) is 1.46. The van der Waals surface area contributed by atoms with Gasteiger partial charge in [-0.2, -0.15) is 11.3 Å². The third kappa shape index (κ3) is 2.87. The van der Waals surface area contributed by atoms with Crippen LogP contribution in [0.3, 0.4) is 0 Å². The first-order chi connectivity index (χ1) is 8.63. The third-order valence-corrected chi connectivity index (χ3v) is 4.43. The molecule has 7 heteroatoms. The fraction of sp³-hybridized carbons (Fsp3) is 0.182. The molecule has 0 aliphatic carbocycles. The van der Waals surface area contributed by atoms with Crippen molar-refractivity contribution in [2.45, 2.75) is 11.6 Å². The molecular weight excluding hydrogens is 270 g/mol. The van der Waals surface area contributed by atoms with Crippen LogP contribution in [0.2, 0.25) is 0 Å². The highest BCUT2D eigenvalue weighted by atomic mass is 32.2. The van der Waals surface area contributed by atoms with Gasteiger partial charge in [-0.25, -0.2) is 18.1 Å². The van der Waals surface area contributed by atoms with Crippen LogP contribution in [-0.2, 0) is 16.6 Å². The molecule has 2 heterocycles. The Morgan fingerprint density at radius 1 is 1.39 bits per heavy atom. The first-order valence-corrected chi connectivity index (χ1v) is 7.69. The van der Waals surface area contributed by atoms with Crippen molar-refractivity contribution in [2.24, 2.45) is 0 Å². The maximum absolute atomic E-state index is 12.1. The van der Waals surface area contributed by atoms with Gasteiger partial charge in [0.05, 0.1) is 5.69 Å². The van der Waals surface area contributed by atoms with Crippen LogP contribution >= 0.6 is 11.3 Å². The molecule has 0 atom stereocenters. The van der Waals surface area contributed by atoms with Crippen LogP contribution in [0.4, 0.5) is 5.69 Å². The fourth-order valence-electron chi connectivity index (χ4n) is 1.44. The second-order valence-corrected chi connectivity index (χ2v) is 6.02. The number of sulfonamides is 1. The van der Waals surface area contributed by atoms with Gasteiger partial charge in [0.25, 0.3) is 10.0 Å². The van der Waals surface area contributed by atoms with Crippen LogP contribution in [0, 0.1) is 0 Å².